The molecule has 1 rings (SSSR count). The molecule has 0 bridgehead atoms. The average molecular weight is 208 g/mol. The number of Topliss-reactive ketones (excluding diaryl/α,β-unsaturated/α-hetero) is 1. The van der Waals surface area contributed by atoms with Crippen molar-refractivity contribution in [1.82, 2.24) is 0 Å². The lowest BCUT2D eigenvalue weighted by Crippen LogP contribution is -2.08. The van der Waals surface area contributed by atoms with Crippen molar-refractivity contribution in [2.75, 3.05) is 0 Å². The Hall–Kier alpha value is -1.18. The summed E-state index contributed by atoms with van der Waals surface area (Å²) in [7, 11) is 0. The van der Waals surface area contributed by atoms with Crippen molar-refractivity contribution in [3.63, 3.8) is 0 Å². The Morgan fingerprint density at radius 2 is 2.13 bits per heavy atom. The zero-order valence-corrected chi connectivity index (χ0v) is 9.51. The van der Waals surface area contributed by atoms with Gasteiger partial charge in [0.25, 0.3) is 0 Å². The first kappa shape index (κ1) is 11.9. The smallest absolute Gasteiger partial charge is 0.140 e. The summed E-state index contributed by atoms with van der Waals surface area (Å²) in [6.07, 6.45) is 1.41. The standard InChI is InChI=1S/C13H17FO/c1-4-5-13(15)10(3)11-7-6-9(2)12(14)8-11/h6-8,10H,4-5H2,1-3H3. The van der Waals surface area contributed by atoms with E-state index < -0.39 is 0 Å². The molecule has 0 saturated heterocycles. The van der Waals surface area contributed by atoms with Crippen LogP contribution < -0.4 is 0 Å². The summed E-state index contributed by atoms with van der Waals surface area (Å²) in [5.74, 6) is -0.246. The van der Waals surface area contributed by atoms with Crippen LogP contribution in [0.5, 0.6) is 0 Å². The number of carbonyl (C=O) groups excluding carboxylic acids is 1. The van der Waals surface area contributed by atoms with Crippen LogP contribution in [0.3, 0.4) is 0 Å². The van der Waals surface area contributed by atoms with E-state index in [2.05, 4.69) is 0 Å². The van der Waals surface area contributed by atoms with Crippen molar-refractivity contribution in [2.45, 2.75) is 39.5 Å². The number of aryl methyl sites for hydroxylation is 1. The third kappa shape index (κ3) is 2.88. The van der Waals surface area contributed by atoms with Crippen LogP contribution in [-0.4, -0.2) is 5.78 Å². The topological polar surface area (TPSA) is 17.1 Å². The summed E-state index contributed by atoms with van der Waals surface area (Å²) in [6.45, 7) is 5.53. The zero-order valence-electron chi connectivity index (χ0n) is 9.51. The van der Waals surface area contributed by atoms with Crippen LogP contribution in [0, 0.1) is 12.7 Å². The molecular formula is C13H17FO. The molecule has 1 atom stereocenters. The largest absolute Gasteiger partial charge is 0.299 e. The third-order valence-corrected chi connectivity index (χ3v) is 2.68. The second-order valence-electron chi connectivity index (χ2n) is 3.95. The van der Waals surface area contributed by atoms with Gasteiger partial charge in [0.1, 0.15) is 11.6 Å². The van der Waals surface area contributed by atoms with Crippen LogP contribution >= 0.6 is 0 Å². The Morgan fingerprint density at radius 1 is 1.47 bits per heavy atom. The van der Waals surface area contributed by atoms with Gasteiger partial charge in [-0.1, -0.05) is 26.0 Å². The van der Waals surface area contributed by atoms with Gasteiger partial charge in [-0.25, -0.2) is 4.39 Å². The molecule has 0 aromatic heterocycles. The fraction of sp³-hybridized carbons (Fsp3) is 0.462. The van der Waals surface area contributed by atoms with E-state index in [4.69, 9.17) is 0 Å². The molecule has 1 unspecified atom stereocenters. The lowest BCUT2D eigenvalue weighted by molar-refractivity contribution is -0.120. The van der Waals surface area contributed by atoms with Crippen LogP contribution in [0.15, 0.2) is 18.2 Å². The molecule has 1 nitrogen and oxygen atoms in total. The first-order valence-electron chi connectivity index (χ1n) is 5.35. The molecule has 15 heavy (non-hydrogen) atoms. The highest BCUT2D eigenvalue weighted by Gasteiger charge is 2.14. The van der Waals surface area contributed by atoms with E-state index in [0.717, 1.165) is 12.0 Å². The summed E-state index contributed by atoms with van der Waals surface area (Å²) in [4.78, 5) is 11.6. The molecule has 0 amide bonds. The van der Waals surface area contributed by atoms with Gasteiger partial charge < -0.3 is 0 Å². The maximum Gasteiger partial charge on any atom is 0.140 e. The van der Waals surface area contributed by atoms with E-state index in [1.165, 1.54) is 6.07 Å². The number of hydrogen-bond donors (Lipinski definition) is 0. The highest BCUT2D eigenvalue weighted by Crippen LogP contribution is 2.20. The van der Waals surface area contributed by atoms with E-state index in [0.29, 0.717) is 12.0 Å². The maximum absolute atomic E-state index is 13.3. The normalized spacial score (nSPS) is 12.5. The van der Waals surface area contributed by atoms with Crippen molar-refractivity contribution in [3.8, 4) is 0 Å². The predicted octanol–water partition coefficient (Wildman–Crippen LogP) is 3.61. The van der Waals surface area contributed by atoms with Crippen molar-refractivity contribution < 1.29 is 9.18 Å². The predicted molar refractivity (Wildman–Crippen MR) is 59.5 cm³/mol. The van der Waals surface area contributed by atoms with E-state index in [-0.39, 0.29) is 17.5 Å². The monoisotopic (exact) mass is 208 g/mol. The first-order valence-corrected chi connectivity index (χ1v) is 5.35. The van der Waals surface area contributed by atoms with Crippen LogP contribution in [0.1, 0.15) is 43.7 Å². The third-order valence-electron chi connectivity index (χ3n) is 2.68. The number of benzene rings is 1. The Bertz CT molecular complexity index is 358. The molecular weight excluding hydrogens is 191 g/mol. The van der Waals surface area contributed by atoms with Crippen molar-refractivity contribution in [2.24, 2.45) is 0 Å². The second-order valence-corrected chi connectivity index (χ2v) is 3.95. The second kappa shape index (κ2) is 5.06. The lowest BCUT2D eigenvalue weighted by atomic mass is 9.93. The van der Waals surface area contributed by atoms with Gasteiger partial charge >= 0.3 is 0 Å². The SMILES string of the molecule is CCCC(=O)C(C)c1ccc(C)c(F)c1. The summed E-state index contributed by atoms with van der Waals surface area (Å²) in [5.41, 5.74) is 1.39. The molecule has 0 aliphatic heterocycles. The average Bonchev–Trinajstić information content (AvgIpc) is 2.21. The number of ketones is 1. The van der Waals surface area contributed by atoms with Crippen LogP contribution in [-0.2, 0) is 4.79 Å². The summed E-state index contributed by atoms with van der Waals surface area (Å²) in [5, 5.41) is 0. The van der Waals surface area contributed by atoms with Gasteiger partial charge in [0.15, 0.2) is 0 Å². The fourth-order valence-corrected chi connectivity index (χ4v) is 1.53. The van der Waals surface area contributed by atoms with E-state index in [1.54, 1.807) is 13.0 Å². The van der Waals surface area contributed by atoms with Crippen LogP contribution in [0.25, 0.3) is 0 Å². The molecule has 82 valence electrons. The minimum atomic E-state index is -0.233. The molecule has 1 aromatic carbocycles. The van der Waals surface area contributed by atoms with Gasteiger partial charge in [-0.05, 0) is 30.5 Å². The van der Waals surface area contributed by atoms with Gasteiger partial charge in [-0.3, -0.25) is 4.79 Å². The number of halogens is 1. The summed E-state index contributed by atoms with van der Waals surface area (Å²) < 4.78 is 13.3. The summed E-state index contributed by atoms with van der Waals surface area (Å²) in [6, 6.07) is 5.02. The van der Waals surface area contributed by atoms with E-state index >= 15 is 0 Å². The van der Waals surface area contributed by atoms with E-state index in [1.807, 2.05) is 19.9 Å². The van der Waals surface area contributed by atoms with E-state index in [9.17, 15) is 9.18 Å². The van der Waals surface area contributed by atoms with Gasteiger partial charge in [-0.15, -0.1) is 0 Å². The molecule has 0 radical (unpaired) electrons. The highest BCUT2D eigenvalue weighted by atomic mass is 19.1. The first-order chi connectivity index (χ1) is 7.06. The van der Waals surface area contributed by atoms with Gasteiger partial charge in [-0.2, -0.15) is 0 Å². The fourth-order valence-electron chi connectivity index (χ4n) is 1.53. The van der Waals surface area contributed by atoms with Gasteiger partial charge in [0.05, 0.1) is 0 Å². The number of rotatable bonds is 4. The number of carbonyl (C=O) groups is 1. The molecule has 2 heteroatoms. The Labute approximate surface area is 90.3 Å². The van der Waals surface area contributed by atoms with Gasteiger partial charge in [0, 0.05) is 12.3 Å². The molecule has 0 N–H and O–H groups in total. The Kier molecular flexibility index (Phi) is 4.01. The minimum absolute atomic E-state index is 0.181. The molecule has 0 heterocycles. The molecule has 0 aliphatic carbocycles. The quantitative estimate of drug-likeness (QED) is 0.738. The molecule has 0 fully saturated rings. The summed E-state index contributed by atoms with van der Waals surface area (Å²) >= 11 is 0. The lowest BCUT2D eigenvalue weighted by Gasteiger charge is -2.10. The van der Waals surface area contributed by atoms with Crippen molar-refractivity contribution >= 4 is 5.78 Å². The van der Waals surface area contributed by atoms with Crippen LogP contribution in [0.4, 0.5) is 4.39 Å². The maximum atomic E-state index is 13.3. The molecule has 0 saturated carbocycles. The highest BCUT2D eigenvalue weighted by molar-refractivity contribution is 5.85. The van der Waals surface area contributed by atoms with Crippen LogP contribution in [0.2, 0.25) is 0 Å². The Morgan fingerprint density at radius 3 is 2.67 bits per heavy atom. The number of hydrogen-bond acceptors (Lipinski definition) is 1. The minimum Gasteiger partial charge on any atom is -0.299 e. The molecule has 1 aromatic rings. The van der Waals surface area contributed by atoms with Gasteiger partial charge in [0.2, 0.25) is 0 Å². The zero-order chi connectivity index (χ0) is 11.4. The van der Waals surface area contributed by atoms with Crippen molar-refractivity contribution in [1.29, 1.82) is 0 Å². The van der Waals surface area contributed by atoms with Crippen molar-refractivity contribution in [3.05, 3.63) is 35.1 Å². The Balaban J connectivity index is 2.86. The molecule has 0 spiro atoms. The molecule has 0 aliphatic rings.